The molecule has 2 aromatic rings. The maximum atomic E-state index is 12.4. The average molecular weight is 471 g/mol. The van der Waals surface area contributed by atoms with E-state index in [0.717, 1.165) is 0 Å². The number of aromatic nitrogens is 1. The van der Waals surface area contributed by atoms with E-state index in [-0.39, 0.29) is 29.1 Å². The van der Waals surface area contributed by atoms with Crippen molar-refractivity contribution in [3.05, 3.63) is 44.1 Å². The van der Waals surface area contributed by atoms with E-state index in [1.165, 1.54) is 17.9 Å². The van der Waals surface area contributed by atoms with Gasteiger partial charge in [-0.15, -0.1) is 0 Å². The number of methoxy groups -OCH3 is 1. The molecule has 0 bridgehead atoms. The fourth-order valence-electron chi connectivity index (χ4n) is 2.27. The minimum absolute atomic E-state index is 0.0287. The lowest BCUT2D eigenvalue weighted by molar-refractivity contribution is 0.0523. The lowest BCUT2D eigenvalue weighted by Gasteiger charge is -2.15. The Morgan fingerprint density at radius 2 is 2.00 bits per heavy atom. The summed E-state index contributed by atoms with van der Waals surface area (Å²) < 4.78 is 12.3. The van der Waals surface area contributed by atoms with Crippen LogP contribution in [-0.4, -0.2) is 30.2 Å². The number of nitrogens with zero attached hydrogens (tertiary/aromatic N) is 2. The molecule has 2 rings (SSSR count). The molecule has 0 saturated carbocycles. The van der Waals surface area contributed by atoms with Crippen molar-refractivity contribution in [1.82, 2.24) is 4.57 Å². The number of nitrogen functional groups attached to an aromatic ring is 1. The summed E-state index contributed by atoms with van der Waals surface area (Å²) in [4.78, 5) is 24.5. The molecule has 0 fully saturated rings. The standard InChI is InChI=1S/C16H13Br2N3O4/c1-3-25-15(22)10-4-9(17)5-11(18)13(10)21-7-8(6-19)12(20)14(21)16(23)24-2/h4-5,7H,3,20H2,1-2H3. The number of hydrogen-bond acceptors (Lipinski definition) is 6. The van der Waals surface area contributed by atoms with Crippen molar-refractivity contribution >= 4 is 49.5 Å². The number of esters is 2. The average Bonchev–Trinajstić information content (AvgIpc) is 2.89. The Kier molecular flexibility index (Phi) is 5.87. The second-order valence-electron chi connectivity index (χ2n) is 4.78. The number of nitriles is 1. The normalized spacial score (nSPS) is 10.2. The van der Waals surface area contributed by atoms with Crippen LogP contribution in [0.4, 0.5) is 5.69 Å². The van der Waals surface area contributed by atoms with Crippen LogP contribution < -0.4 is 5.73 Å². The molecule has 0 aliphatic rings. The molecule has 0 saturated heterocycles. The van der Waals surface area contributed by atoms with Crippen LogP contribution in [0.3, 0.4) is 0 Å². The molecular weight excluding hydrogens is 458 g/mol. The number of nitrogens with two attached hydrogens (primary N) is 1. The number of hydrogen-bond donors (Lipinski definition) is 1. The Bertz CT molecular complexity index is 900. The first-order valence-electron chi connectivity index (χ1n) is 7.01. The maximum absolute atomic E-state index is 12.4. The summed E-state index contributed by atoms with van der Waals surface area (Å²) in [5.41, 5.74) is 6.42. The number of anilines is 1. The fraction of sp³-hybridized carbons (Fsp3) is 0.188. The molecule has 0 radical (unpaired) electrons. The van der Waals surface area contributed by atoms with Crippen LogP contribution in [0.1, 0.15) is 33.3 Å². The zero-order chi connectivity index (χ0) is 18.7. The number of rotatable bonds is 4. The summed E-state index contributed by atoms with van der Waals surface area (Å²) >= 11 is 6.70. The minimum Gasteiger partial charge on any atom is -0.464 e. The van der Waals surface area contributed by atoms with Gasteiger partial charge in [0.2, 0.25) is 0 Å². The van der Waals surface area contributed by atoms with Crippen LogP contribution in [0.5, 0.6) is 0 Å². The highest BCUT2D eigenvalue weighted by molar-refractivity contribution is 9.11. The monoisotopic (exact) mass is 469 g/mol. The van der Waals surface area contributed by atoms with Crippen molar-refractivity contribution in [1.29, 1.82) is 5.26 Å². The molecule has 0 aliphatic carbocycles. The first-order valence-corrected chi connectivity index (χ1v) is 8.60. The zero-order valence-corrected chi connectivity index (χ0v) is 16.5. The summed E-state index contributed by atoms with van der Waals surface area (Å²) in [6, 6.07) is 5.17. The molecule has 1 aromatic heterocycles. The predicted octanol–water partition coefficient (Wildman–Crippen LogP) is 3.42. The molecule has 0 amide bonds. The third kappa shape index (κ3) is 3.55. The van der Waals surface area contributed by atoms with Gasteiger partial charge in [0.05, 0.1) is 36.2 Å². The summed E-state index contributed by atoms with van der Waals surface area (Å²) in [6.07, 6.45) is 1.37. The van der Waals surface area contributed by atoms with E-state index >= 15 is 0 Å². The smallest absolute Gasteiger partial charge is 0.357 e. The van der Waals surface area contributed by atoms with Crippen LogP contribution in [0, 0.1) is 11.3 Å². The summed E-state index contributed by atoms with van der Waals surface area (Å²) in [5.74, 6) is -1.32. The molecule has 130 valence electrons. The summed E-state index contributed by atoms with van der Waals surface area (Å²) in [7, 11) is 1.20. The molecule has 0 aliphatic heterocycles. The third-order valence-electron chi connectivity index (χ3n) is 3.31. The van der Waals surface area contributed by atoms with Crippen LogP contribution in [0.2, 0.25) is 0 Å². The topological polar surface area (TPSA) is 107 Å². The first kappa shape index (κ1) is 19.0. The van der Waals surface area contributed by atoms with Gasteiger partial charge in [-0.25, -0.2) is 9.59 Å². The quantitative estimate of drug-likeness (QED) is 0.686. The van der Waals surface area contributed by atoms with Crippen molar-refractivity contribution < 1.29 is 19.1 Å². The van der Waals surface area contributed by atoms with Crippen molar-refractivity contribution in [3.63, 3.8) is 0 Å². The molecule has 1 aromatic carbocycles. The second kappa shape index (κ2) is 7.72. The SMILES string of the molecule is CCOC(=O)c1cc(Br)cc(Br)c1-n1cc(C#N)c(N)c1C(=O)OC. The Labute approximate surface area is 160 Å². The van der Waals surface area contributed by atoms with Gasteiger partial charge in [0.15, 0.2) is 5.69 Å². The number of carbonyl (C=O) groups excluding carboxylic acids is 2. The molecule has 7 nitrogen and oxygen atoms in total. The maximum Gasteiger partial charge on any atom is 0.357 e. The molecule has 1 heterocycles. The lowest BCUT2D eigenvalue weighted by atomic mass is 10.1. The van der Waals surface area contributed by atoms with Gasteiger partial charge < -0.3 is 19.8 Å². The first-order chi connectivity index (χ1) is 11.8. The highest BCUT2D eigenvalue weighted by atomic mass is 79.9. The second-order valence-corrected chi connectivity index (χ2v) is 6.55. The van der Waals surface area contributed by atoms with E-state index in [1.807, 2.05) is 6.07 Å². The molecule has 25 heavy (non-hydrogen) atoms. The van der Waals surface area contributed by atoms with Crippen molar-refractivity contribution in [2.75, 3.05) is 19.5 Å². The Balaban J connectivity index is 2.85. The van der Waals surface area contributed by atoms with E-state index in [2.05, 4.69) is 31.9 Å². The van der Waals surface area contributed by atoms with Gasteiger partial charge >= 0.3 is 11.9 Å². The largest absolute Gasteiger partial charge is 0.464 e. The Morgan fingerprint density at radius 1 is 1.32 bits per heavy atom. The van der Waals surface area contributed by atoms with E-state index in [9.17, 15) is 14.9 Å². The van der Waals surface area contributed by atoms with Gasteiger partial charge in [-0.3, -0.25) is 0 Å². The molecule has 9 heteroatoms. The van der Waals surface area contributed by atoms with Crippen LogP contribution in [0.15, 0.2) is 27.3 Å². The van der Waals surface area contributed by atoms with Gasteiger partial charge in [-0.05, 0) is 35.0 Å². The van der Waals surface area contributed by atoms with Crippen molar-refractivity contribution in [3.8, 4) is 11.8 Å². The fourth-order valence-corrected chi connectivity index (χ4v) is 3.68. The highest BCUT2D eigenvalue weighted by Crippen LogP contribution is 2.34. The van der Waals surface area contributed by atoms with E-state index in [0.29, 0.717) is 14.6 Å². The molecule has 0 unspecified atom stereocenters. The highest BCUT2D eigenvalue weighted by Gasteiger charge is 2.26. The minimum atomic E-state index is -0.733. The van der Waals surface area contributed by atoms with Gasteiger partial charge in [0.25, 0.3) is 0 Å². The van der Waals surface area contributed by atoms with Crippen LogP contribution >= 0.6 is 31.9 Å². The Morgan fingerprint density at radius 3 is 2.56 bits per heavy atom. The number of ether oxygens (including phenoxy) is 2. The predicted molar refractivity (Wildman–Crippen MR) is 97.6 cm³/mol. The zero-order valence-electron chi connectivity index (χ0n) is 13.3. The van der Waals surface area contributed by atoms with Gasteiger partial charge in [-0.2, -0.15) is 5.26 Å². The third-order valence-corrected chi connectivity index (χ3v) is 4.37. The van der Waals surface area contributed by atoms with Gasteiger partial charge in [0.1, 0.15) is 6.07 Å². The van der Waals surface area contributed by atoms with Gasteiger partial charge in [-0.1, -0.05) is 15.9 Å². The summed E-state index contributed by atoms with van der Waals surface area (Å²) in [5, 5.41) is 9.23. The number of benzene rings is 1. The number of halogens is 2. The van der Waals surface area contributed by atoms with E-state index in [4.69, 9.17) is 15.2 Å². The molecule has 0 atom stereocenters. The van der Waals surface area contributed by atoms with Gasteiger partial charge in [0, 0.05) is 15.1 Å². The molecular formula is C16H13Br2N3O4. The number of carbonyl (C=O) groups is 2. The Hall–Kier alpha value is -2.31. The molecule has 2 N–H and O–H groups in total. The van der Waals surface area contributed by atoms with E-state index in [1.54, 1.807) is 19.1 Å². The van der Waals surface area contributed by atoms with E-state index < -0.39 is 11.9 Å². The van der Waals surface area contributed by atoms with Crippen molar-refractivity contribution in [2.45, 2.75) is 6.92 Å². The lowest BCUT2D eigenvalue weighted by Crippen LogP contribution is -2.15. The summed E-state index contributed by atoms with van der Waals surface area (Å²) in [6.45, 7) is 1.87. The van der Waals surface area contributed by atoms with Crippen molar-refractivity contribution in [2.24, 2.45) is 0 Å². The van der Waals surface area contributed by atoms with Crippen LogP contribution in [-0.2, 0) is 9.47 Å². The molecule has 0 spiro atoms. The van der Waals surface area contributed by atoms with Crippen LogP contribution in [0.25, 0.3) is 5.69 Å².